The van der Waals surface area contributed by atoms with E-state index in [-0.39, 0.29) is 30.0 Å². The molecule has 0 radical (unpaired) electrons. The quantitative estimate of drug-likeness (QED) is 0.519. The van der Waals surface area contributed by atoms with E-state index in [0.29, 0.717) is 29.3 Å². The molecule has 1 atom stereocenters. The summed E-state index contributed by atoms with van der Waals surface area (Å²) in [6.45, 7) is 2.67. The van der Waals surface area contributed by atoms with Gasteiger partial charge < -0.3 is 9.32 Å². The Morgan fingerprint density at radius 1 is 1.03 bits per heavy atom. The Hall–Kier alpha value is -3.67. The van der Waals surface area contributed by atoms with Crippen LogP contribution in [0.2, 0.25) is 0 Å². The van der Waals surface area contributed by atoms with E-state index in [2.05, 4.69) is 6.92 Å². The number of carbonyl (C=O) groups excluding carboxylic acids is 3. The van der Waals surface area contributed by atoms with Crippen LogP contribution < -0.4 is 0 Å². The fraction of sp³-hybridized carbons (Fsp3) is 0.269. The van der Waals surface area contributed by atoms with Crippen LogP contribution >= 0.6 is 0 Å². The maximum absolute atomic E-state index is 13.5. The van der Waals surface area contributed by atoms with Crippen molar-refractivity contribution in [3.63, 3.8) is 0 Å². The Labute approximate surface area is 186 Å². The van der Waals surface area contributed by atoms with Gasteiger partial charge in [0, 0.05) is 18.2 Å². The van der Waals surface area contributed by atoms with Gasteiger partial charge in [-0.05, 0) is 61.6 Å². The van der Waals surface area contributed by atoms with Gasteiger partial charge in [-0.15, -0.1) is 0 Å². The third-order valence-electron chi connectivity index (χ3n) is 6.36. The van der Waals surface area contributed by atoms with Crippen LogP contribution in [-0.2, 0) is 13.1 Å². The zero-order valence-electron chi connectivity index (χ0n) is 17.9. The van der Waals surface area contributed by atoms with Crippen LogP contribution in [0.4, 0.5) is 0 Å². The molecular formula is C26H24N2O4. The first kappa shape index (κ1) is 20.2. The molecule has 1 aliphatic heterocycles. The number of benzene rings is 2. The zero-order chi connectivity index (χ0) is 22.2. The second-order valence-electron chi connectivity index (χ2n) is 8.53. The monoisotopic (exact) mass is 428 g/mol. The molecule has 2 aliphatic rings. The molecule has 1 fully saturated rings. The van der Waals surface area contributed by atoms with Gasteiger partial charge in [0.2, 0.25) is 0 Å². The van der Waals surface area contributed by atoms with Gasteiger partial charge in [0.05, 0.1) is 23.9 Å². The van der Waals surface area contributed by atoms with Crippen molar-refractivity contribution in [1.82, 2.24) is 9.80 Å². The molecular weight excluding hydrogens is 404 g/mol. The SMILES string of the molecule is CC(C1CC1)N(Cc1ccccc1)C(=O)c1ccc2c(c1)C(=O)N(Cc1ccco1)C2=O. The summed E-state index contributed by atoms with van der Waals surface area (Å²) >= 11 is 0. The Bertz CT molecular complexity index is 1170. The first-order chi connectivity index (χ1) is 15.5. The van der Waals surface area contributed by atoms with Crippen molar-refractivity contribution < 1.29 is 18.8 Å². The molecule has 6 heteroatoms. The summed E-state index contributed by atoms with van der Waals surface area (Å²) in [4.78, 5) is 42.3. The Balaban J connectivity index is 1.42. The first-order valence-electron chi connectivity index (χ1n) is 10.9. The van der Waals surface area contributed by atoms with Crippen LogP contribution in [0, 0.1) is 5.92 Å². The van der Waals surface area contributed by atoms with Crippen molar-refractivity contribution in [2.24, 2.45) is 5.92 Å². The van der Waals surface area contributed by atoms with Gasteiger partial charge in [-0.1, -0.05) is 30.3 Å². The van der Waals surface area contributed by atoms with E-state index in [4.69, 9.17) is 4.42 Å². The molecule has 1 aromatic heterocycles. The summed E-state index contributed by atoms with van der Waals surface area (Å²) in [5.74, 6) is 0.141. The fourth-order valence-corrected chi connectivity index (χ4v) is 4.31. The highest BCUT2D eigenvalue weighted by Gasteiger charge is 2.38. The smallest absolute Gasteiger partial charge is 0.261 e. The molecule has 2 aromatic carbocycles. The van der Waals surface area contributed by atoms with Crippen molar-refractivity contribution >= 4 is 17.7 Å². The van der Waals surface area contributed by atoms with Crippen molar-refractivity contribution in [2.75, 3.05) is 0 Å². The van der Waals surface area contributed by atoms with Crippen LogP contribution in [0.1, 0.15) is 62.2 Å². The van der Waals surface area contributed by atoms with Crippen LogP contribution in [0.3, 0.4) is 0 Å². The maximum atomic E-state index is 13.5. The molecule has 32 heavy (non-hydrogen) atoms. The number of imide groups is 1. The number of hydrogen-bond acceptors (Lipinski definition) is 4. The summed E-state index contributed by atoms with van der Waals surface area (Å²) in [6, 6.07) is 18.3. The molecule has 5 rings (SSSR count). The molecule has 0 spiro atoms. The van der Waals surface area contributed by atoms with Crippen molar-refractivity contribution in [3.8, 4) is 0 Å². The van der Waals surface area contributed by atoms with E-state index in [0.717, 1.165) is 23.3 Å². The maximum Gasteiger partial charge on any atom is 0.261 e. The number of amides is 3. The standard InChI is InChI=1S/C26H24N2O4/c1-17(19-9-10-19)27(15-18-6-3-2-4-7-18)24(29)20-11-12-22-23(14-20)26(31)28(25(22)30)16-21-8-5-13-32-21/h2-8,11-14,17,19H,9-10,15-16H2,1H3. The summed E-state index contributed by atoms with van der Waals surface area (Å²) in [5, 5.41) is 0. The predicted octanol–water partition coefficient (Wildman–Crippen LogP) is 4.52. The summed E-state index contributed by atoms with van der Waals surface area (Å²) in [6.07, 6.45) is 3.75. The Kier molecular flexibility index (Phi) is 5.13. The summed E-state index contributed by atoms with van der Waals surface area (Å²) in [5.41, 5.74) is 2.08. The van der Waals surface area contributed by atoms with E-state index in [1.807, 2.05) is 35.2 Å². The van der Waals surface area contributed by atoms with Gasteiger partial charge in [0.15, 0.2) is 0 Å². The van der Waals surface area contributed by atoms with Crippen molar-refractivity contribution in [3.05, 3.63) is 94.9 Å². The number of carbonyl (C=O) groups is 3. The van der Waals surface area contributed by atoms with Crippen molar-refractivity contribution in [2.45, 2.75) is 38.9 Å². The number of hydrogen-bond donors (Lipinski definition) is 0. The van der Waals surface area contributed by atoms with Gasteiger partial charge >= 0.3 is 0 Å². The van der Waals surface area contributed by atoms with E-state index in [1.165, 1.54) is 6.26 Å². The minimum absolute atomic E-state index is 0.0709. The molecule has 1 aliphatic carbocycles. The van der Waals surface area contributed by atoms with Crippen molar-refractivity contribution in [1.29, 1.82) is 0 Å². The van der Waals surface area contributed by atoms with Crippen LogP contribution in [0.15, 0.2) is 71.3 Å². The molecule has 2 heterocycles. The summed E-state index contributed by atoms with van der Waals surface area (Å²) in [7, 11) is 0. The van der Waals surface area contributed by atoms with Gasteiger partial charge in [-0.2, -0.15) is 0 Å². The molecule has 0 bridgehead atoms. The van der Waals surface area contributed by atoms with Gasteiger partial charge in [0.25, 0.3) is 17.7 Å². The molecule has 162 valence electrons. The number of furan rings is 1. The van der Waals surface area contributed by atoms with Crippen LogP contribution in [0.25, 0.3) is 0 Å². The summed E-state index contributed by atoms with van der Waals surface area (Å²) < 4.78 is 5.29. The molecule has 3 aromatic rings. The lowest BCUT2D eigenvalue weighted by Crippen LogP contribution is -2.39. The topological polar surface area (TPSA) is 70.8 Å². The number of rotatable bonds is 7. The van der Waals surface area contributed by atoms with Crippen LogP contribution in [-0.4, -0.2) is 33.6 Å². The van der Waals surface area contributed by atoms with Gasteiger partial charge in [-0.3, -0.25) is 19.3 Å². The lowest BCUT2D eigenvalue weighted by atomic mass is 10.0. The third-order valence-corrected chi connectivity index (χ3v) is 6.36. The van der Waals surface area contributed by atoms with E-state index in [9.17, 15) is 14.4 Å². The fourth-order valence-electron chi connectivity index (χ4n) is 4.31. The predicted molar refractivity (Wildman–Crippen MR) is 118 cm³/mol. The second-order valence-corrected chi connectivity index (χ2v) is 8.53. The number of fused-ring (bicyclic) bond motifs is 1. The van der Waals surface area contributed by atoms with Crippen LogP contribution in [0.5, 0.6) is 0 Å². The molecule has 1 unspecified atom stereocenters. The minimum atomic E-state index is -0.402. The average molecular weight is 428 g/mol. The highest BCUT2D eigenvalue weighted by Crippen LogP contribution is 2.36. The number of nitrogens with zero attached hydrogens (tertiary/aromatic N) is 2. The van der Waals surface area contributed by atoms with E-state index in [1.54, 1.807) is 30.3 Å². The molecule has 6 nitrogen and oxygen atoms in total. The zero-order valence-corrected chi connectivity index (χ0v) is 17.9. The average Bonchev–Trinajstić information content (AvgIpc) is 3.50. The minimum Gasteiger partial charge on any atom is -0.467 e. The lowest BCUT2D eigenvalue weighted by molar-refractivity contribution is 0.0629. The Morgan fingerprint density at radius 2 is 1.78 bits per heavy atom. The highest BCUT2D eigenvalue weighted by molar-refractivity contribution is 6.22. The largest absolute Gasteiger partial charge is 0.467 e. The molecule has 1 saturated carbocycles. The Morgan fingerprint density at radius 3 is 2.47 bits per heavy atom. The molecule has 3 amide bonds. The lowest BCUT2D eigenvalue weighted by Gasteiger charge is -2.30. The van der Waals surface area contributed by atoms with Gasteiger partial charge in [-0.25, -0.2) is 0 Å². The third kappa shape index (κ3) is 3.73. The normalized spacial score (nSPS) is 16.2. The second kappa shape index (κ2) is 8.11. The molecule has 0 saturated heterocycles. The molecule has 0 N–H and O–H groups in total. The van der Waals surface area contributed by atoms with Gasteiger partial charge in [0.1, 0.15) is 5.76 Å². The first-order valence-corrected chi connectivity index (χ1v) is 10.9. The van der Waals surface area contributed by atoms with E-state index >= 15 is 0 Å². The van der Waals surface area contributed by atoms with E-state index < -0.39 is 5.91 Å². The highest BCUT2D eigenvalue weighted by atomic mass is 16.3.